The van der Waals surface area contributed by atoms with Gasteiger partial charge >= 0.3 is 5.97 Å². The molecule has 0 aliphatic carbocycles. The maximum atomic E-state index is 13.0. The number of hydrogen-bond acceptors (Lipinski definition) is 6. The summed E-state index contributed by atoms with van der Waals surface area (Å²) in [6.45, 7) is 3.99. The number of carbonyl (C=O) groups excluding carboxylic acids is 3. The van der Waals surface area contributed by atoms with Crippen LogP contribution >= 0.6 is 0 Å². The first kappa shape index (κ1) is 21.0. The highest BCUT2D eigenvalue weighted by atomic mass is 16.5. The second-order valence-electron chi connectivity index (χ2n) is 7.38. The van der Waals surface area contributed by atoms with Crippen LogP contribution in [0, 0.1) is 0 Å². The SMILES string of the molecule is CC(=O)OCC1(CC(=O)N2CCOCC2)CCCN1C(=O)/C=C/c1ccncc1. The molecule has 1 atom stereocenters. The highest BCUT2D eigenvalue weighted by Gasteiger charge is 2.46. The quantitative estimate of drug-likeness (QED) is 0.527. The Labute approximate surface area is 170 Å². The van der Waals surface area contributed by atoms with Crippen LogP contribution in [0.15, 0.2) is 30.6 Å². The van der Waals surface area contributed by atoms with Crippen LogP contribution in [0.25, 0.3) is 6.08 Å². The molecule has 0 radical (unpaired) electrons. The first-order valence-electron chi connectivity index (χ1n) is 9.89. The van der Waals surface area contributed by atoms with Crippen molar-refractivity contribution in [3.05, 3.63) is 36.2 Å². The van der Waals surface area contributed by atoms with Gasteiger partial charge in [0.25, 0.3) is 0 Å². The van der Waals surface area contributed by atoms with E-state index in [9.17, 15) is 14.4 Å². The zero-order valence-corrected chi connectivity index (χ0v) is 16.7. The first-order chi connectivity index (χ1) is 14.0. The van der Waals surface area contributed by atoms with Gasteiger partial charge in [0.15, 0.2) is 0 Å². The number of rotatable bonds is 6. The normalized spacial score (nSPS) is 22.1. The van der Waals surface area contributed by atoms with Crippen LogP contribution in [-0.2, 0) is 23.9 Å². The van der Waals surface area contributed by atoms with Gasteiger partial charge in [-0.2, -0.15) is 0 Å². The summed E-state index contributed by atoms with van der Waals surface area (Å²) in [4.78, 5) is 44.8. The van der Waals surface area contributed by atoms with Gasteiger partial charge in [-0.3, -0.25) is 19.4 Å². The molecule has 0 bridgehead atoms. The summed E-state index contributed by atoms with van der Waals surface area (Å²) in [6, 6.07) is 3.61. The number of aromatic nitrogens is 1. The fourth-order valence-corrected chi connectivity index (χ4v) is 3.84. The molecule has 29 heavy (non-hydrogen) atoms. The van der Waals surface area contributed by atoms with Gasteiger partial charge in [0.1, 0.15) is 6.61 Å². The summed E-state index contributed by atoms with van der Waals surface area (Å²) in [5, 5.41) is 0. The standard InChI is InChI=1S/C21H27N3O5/c1-17(25)29-16-21(15-20(27)23-11-13-28-14-12-23)7-2-10-24(21)19(26)4-3-18-5-8-22-9-6-18/h3-6,8-9H,2,7,10-16H2,1H3/b4-3+. The van der Waals surface area contributed by atoms with Crippen molar-refractivity contribution >= 4 is 23.9 Å². The van der Waals surface area contributed by atoms with E-state index in [0.717, 1.165) is 12.0 Å². The predicted octanol–water partition coefficient (Wildman–Crippen LogP) is 1.27. The molecule has 2 aliphatic rings. The maximum Gasteiger partial charge on any atom is 0.302 e. The number of pyridine rings is 1. The van der Waals surface area contributed by atoms with Gasteiger partial charge in [0.05, 0.1) is 25.2 Å². The number of hydrogen-bond donors (Lipinski definition) is 0. The minimum Gasteiger partial charge on any atom is -0.463 e. The third kappa shape index (κ3) is 5.41. The van der Waals surface area contributed by atoms with Crippen LogP contribution < -0.4 is 0 Å². The average Bonchev–Trinajstić information content (AvgIpc) is 3.15. The van der Waals surface area contributed by atoms with Crippen LogP contribution in [-0.4, -0.2) is 77.6 Å². The van der Waals surface area contributed by atoms with Gasteiger partial charge in [0.2, 0.25) is 11.8 Å². The van der Waals surface area contributed by atoms with Crippen molar-refractivity contribution < 1.29 is 23.9 Å². The van der Waals surface area contributed by atoms with Gasteiger partial charge in [-0.05, 0) is 36.6 Å². The van der Waals surface area contributed by atoms with Crippen LogP contribution in [0.1, 0.15) is 31.7 Å². The lowest BCUT2D eigenvalue weighted by molar-refractivity contribution is -0.152. The Morgan fingerprint density at radius 2 is 1.93 bits per heavy atom. The number of ether oxygens (including phenoxy) is 2. The van der Waals surface area contributed by atoms with E-state index in [1.807, 2.05) is 12.1 Å². The molecule has 8 nitrogen and oxygen atoms in total. The van der Waals surface area contributed by atoms with Crippen molar-refractivity contribution in [2.24, 2.45) is 0 Å². The molecule has 0 spiro atoms. The topological polar surface area (TPSA) is 89.0 Å². The lowest BCUT2D eigenvalue weighted by atomic mass is 9.91. The zero-order valence-electron chi connectivity index (χ0n) is 16.7. The third-order valence-corrected chi connectivity index (χ3v) is 5.38. The minimum absolute atomic E-state index is 0.0211. The molecular weight excluding hydrogens is 374 g/mol. The van der Waals surface area contributed by atoms with E-state index in [1.54, 1.807) is 28.3 Å². The largest absolute Gasteiger partial charge is 0.463 e. The molecule has 8 heteroatoms. The second kappa shape index (κ2) is 9.65. The average molecular weight is 401 g/mol. The van der Waals surface area contributed by atoms with Crippen molar-refractivity contribution in [3.63, 3.8) is 0 Å². The van der Waals surface area contributed by atoms with Crippen molar-refractivity contribution in [1.29, 1.82) is 0 Å². The molecule has 2 aliphatic heterocycles. The van der Waals surface area contributed by atoms with Crippen LogP contribution in [0.2, 0.25) is 0 Å². The summed E-state index contributed by atoms with van der Waals surface area (Å²) < 4.78 is 10.6. The Kier molecular flexibility index (Phi) is 6.98. The van der Waals surface area contributed by atoms with E-state index in [0.29, 0.717) is 39.3 Å². The molecule has 2 amide bonds. The van der Waals surface area contributed by atoms with Crippen molar-refractivity contribution in [3.8, 4) is 0 Å². The molecule has 3 rings (SSSR count). The molecule has 156 valence electrons. The zero-order chi connectivity index (χ0) is 20.7. The number of esters is 1. The number of nitrogens with zero attached hydrogens (tertiary/aromatic N) is 3. The molecule has 1 aromatic heterocycles. The Hall–Kier alpha value is -2.74. The van der Waals surface area contributed by atoms with Gasteiger partial charge in [0, 0.05) is 45.0 Å². The monoisotopic (exact) mass is 401 g/mol. The van der Waals surface area contributed by atoms with Crippen LogP contribution in [0.5, 0.6) is 0 Å². The van der Waals surface area contributed by atoms with Gasteiger partial charge in [-0.25, -0.2) is 0 Å². The fraction of sp³-hybridized carbons (Fsp3) is 0.524. The summed E-state index contributed by atoms with van der Waals surface area (Å²) in [7, 11) is 0. The summed E-state index contributed by atoms with van der Waals surface area (Å²) >= 11 is 0. The molecule has 1 unspecified atom stereocenters. The fourth-order valence-electron chi connectivity index (χ4n) is 3.84. The van der Waals surface area contributed by atoms with Crippen molar-refractivity contribution in [1.82, 2.24) is 14.8 Å². The Bertz CT molecular complexity index is 761. The molecule has 2 saturated heterocycles. The Morgan fingerprint density at radius 3 is 2.62 bits per heavy atom. The van der Waals surface area contributed by atoms with E-state index >= 15 is 0 Å². The Morgan fingerprint density at radius 1 is 1.21 bits per heavy atom. The highest BCUT2D eigenvalue weighted by Crippen LogP contribution is 2.34. The molecule has 3 heterocycles. The smallest absolute Gasteiger partial charge is 0.302 e. The van der Waals surface area contributed by atoms with Crippen molar-refractivity contribution in [2.45, 2.75) is 31.7 Å². The lowest BCUT2D eigenvalue weighted by Crippen LogP contribution is -2.54. The van der Waals surface area contributed by atoms with E-state index < -0.39 is 11.5 Å². The van der Waals surface area contributed by atoms with E-state index in [-0.39, 0.29) is 24.8 Å². The van der Waals surface area contributed by atoms with Crippen LogP contribution in [0.3, 0.4) is 0 Å². The highest BCUT2D eigenvalue weighted by molar-refractivity contribution is 5.93. The molecule has 0 aromatic carbocycles. The second-order valence-corrected chi connectivity index (χ2v) is 7.38. The predicted molar refractivity (Wildman–Crippen MR) is 106 cm³/mol. The number of amides is 2. The van der Waals surface area contributed by atoms with E-state index in [4.69, 9.17) is 9.47 Å². The molecule has 2 fully saturated rings. The summed E-state index contributed by atoms with van der Waals surface area (Å²) in [5.41, 5.74) is 0.0447. The number of morpholine rings is 1. The van der Waals surface area contributed by atoms with Gasteiger partial charge in [-0.15, -0.1) is 0 Å². The third-order valence-electron chi connectivity index (χ3n) is 5.38. The number of carbonyl (C=O) groups is 3. The Balaban J connectivity index is 1.77. The van der Waals surface area contributed by atoms with Crippen LogP contribution in [0.4, 0.5) is 0 Å². The lowest BCUT2D eigenvalue weighted by Gasteiger charge is -2.39. The van der Waals surface area contributed by atoms with Crippen molar-refractivity contribution in [2.75, 3.05) is 39.5 Å². The van der Waals surface area contributed by atoms with E-state index in [2.05, 4.69) is 4.98 Å². The molecule has 0 saturated carbocycles. The van der Waals surface area contributed by atoms with Gasteiger partial charge < -0.3 is 19.3 Å². The molecule has 0 N–H and O–H groups in total. The maximum absolute atomic E-state index is 13.0. The first-order valence-corrected chi connectivity index (χ1v) is 9.89. The number of likely N-dealkylation sites (tertiary alicyclic amines) is 1. The molecular formula is C21H27N3O5. The van der Waals surface area contributed by atoms with E-state index in [1.165, 1.54) is 13.0 Å². The summed E-state index contributed by atoms with van der Waals surface area (Å²) in [5.74, 6) is -0.658. The molecule has 1 aromatic rings. The summed E-state index contributed by atoms with van der Waals surface area (Å²) in [6.07, 6.45) is 8.05. The van der Waals surface area contributed by atoms with Gasteiger partial charge in [-0.1, -0.05) is 0 Å². The minimum atomic E-state index is -0.819.